The number of alkyl halides is 3. The first-order valence-electron chi connectivity index (χ1n) is 7.07. The van der Waals surface area contributed by atoms with E-state index < -0.39 is 24.3 Å². The maximum atomic E-state index is 12.4. The maximum Gasteiger partial charge on any atom is 0.405 e. The number of carboxylic acids is 1. The first-order chi connectivity index (χ1) is 12.3. The number of anilines is 1. The van der Waals surface area contributed by atoms with Crippen LogP contribution < -0.4 is 5.32 Å². The predicted octanol–water partition coefficient (Wildman–Crippen LogP) is 2.36. The van der Waals surface area contributed by atoms with Crippen LogP contribution in [0.3, 0.4) is 0 Å². The summed E-state index contributed by atoms with van der Waals surface area (Å²) in [5.74, 6) is -1.34. The molecule has 132 valence electrons. The van der Waals surface area contributed by atoms with E-state index in [0.717, 1.165) is 12.3 Å². The smallest absolute Gasteiger partial charge is 0.405 e. The molecule has 2 N–H and O–H groups in total. The molecule has 11 heteroatoms. The summed E-state index contributed by atoms with van der Waals surface area (Å²) in [6.45, 7) is -1.40. The number of nitrogens with zero attached hydrogens (tertiary/aromatic N) is 5. The third kappa shape index (κ3) is 3.39. The van der Waals surface area contributed by atoms with Gasteiger partial charge in [0.1, 0.15) is 18.2 Å². The number of hydrogen-bond acceptors (Lipinski definition) is 6. The second kappa shape index (κ2) is 6.32. The molecule has 0 aliphatic carbocycles. The van der Waals surface area contributed by atoms with E-state index in [2.05, 4.69) is 20.4 Å². The first kappa shape index (κ1) is 17.2. The van der Waals surface area contributed by atoms with Crippen LogP contribution in [-0.2, 0) is 0 Å². The Morgan fingerprint density at radius 2 is 2.04 bits per heavy atom. The number of halogens is 3. The number of hydrogen-bond donors (Lipinski definition) is 2. The lowest BCUT2D eigenvalue weighted by molar-refractivity contribution is -0.115. The molecule has 0 radical (unpaired) electrons. The molecule has 0 saturated carbocycles. The zero-order valence-corrected chi connectivity index (χ0v) is 12.8. The van der Waals surface area contributed by atoms with Gasteiger partial charge in [-0.15, -0.1) is 0 Å². The van der Waals surface area contributed by atoms with Crippen LogP contribution in [0.1, 0.15) is 15.9 Å². The van der Waals surface area contributed by atoms with Crippen LogP contribution in [0.2, 0.25) is 0 Å². The second-order valence-corrected chi connectivity index (χ2v) is 5.17. The molecule has 8 nitrogen and oxygen atoms in total. The molecule has 0 fully saturated rings. The van der Waals surface area contributed by atoms with Crippen LogP contribution >= 0.6 is 0 Å². The monoisotopic (exact) mass is 362 g/mol. The summed E-state index contributed by atoms with van der Waals surface area (Å²) in [7, 11) is 0. The summed E-state index contributed by atoms with van der Waals surface area (Å²) in [4.78, 5) is 19.2. The molecule has 3 aromatic rings. The van der Waals surface area contributed by atoms with Crippen LogP contribution in [0.25, 0.3) is 16.9 Å². The van der Waals surface area contributed by atoms with Crippen molar-refractivity contribution in [3.05, 3.63) is 41.9 Å². The topological polar surface area (TPSA) is 117 Å². The van der Waals surface area contributed by atoms with E-state index in [9.17, 15) is 18.0 Å². The summed E-state index contributed by atoms with van der Waals surface area (Å²) in [6, 6.07) is 4.61. The number of aromatic carboxylic acids is 1. The molecular weight excluding hydrogens is 353 g/mol. The van der Waals surface area contributed by atoms with Crippen molar-refractivity contribution in [2.24, 2.45) is 0 Å². The van der Waals surface area contributed by atoms with Crippen molar-refractivity contribution in [3.63, 3.8) is 0 Å². The van der Waals surface area contributed by atoms with Crippen molar-refractivity contribution in [1.29, 1.82) is 5.26 Å². The Hall–Kier alpha value is -3.68. The Kier molecular flexibility index (Phi) is 4.17. The quantitative estimate of drug-likeness (QED) is 0.732. The van der Waals surface area contributed by atoms with Gasteiger partial charge in [-0.1, -0.05) is 0 Å². The molecule has 0 spiro atoms. The zero-order chi connectivity index (χ0) is 18.9. The van der Waals surface area contributed by atoms with Crippen LogP contribution in [0.15, 0.2) is 30.7 Å². The van der Waals surface area contributed by atoms with Gasteiger partial charge in [-0.05, 0) is 6.07 Å². The third-order valence-electron chi connectivity index (χ3n) is 3.35. The number of carboxylic acid groups (broad SMARTS) is 1. The van der Waals surface area contributed by atoms with Crippen molar-refractivity contribution >= 4 is 22.7 Å². The Labute approximate surface area is 143 Å². The van der Waals surface area contributed by atoms with Crippen molar-refractivity contribution in [1.82, 2.24) is 19.7 Å². The highest BCUT2D eigenvalue weighted by Gasteiger charge is 2.27. The van der Waals surface area contributed by atoms with Crippen LogP contribution in [-0.4, -0.2) is 43.5 Å². The molecule has 0 aromatic carbocycles. The fourth-order valence-corrected chi connectivity index (χ4v) is 2.22. The molecule has 26 heavy (non-hydrogen) atoms. The van der Waals surface area contributed by atoms with Gasteiger partial charge in [-0.25, -0.2) is 14.8 Å². The zero-order valence-electron chi connectivity index (χ0n) is 12.8. The molecule has 0 aliphatic rings. The lowest BCUT2D eigenvalue weighted by Crippen LogP contribution is -2.22. The molecule has 0 atom stereocenters. The summed E-state index contributed by atoms with van der Waals surface area (Å²) in [5, 5.41) is 24.6. The van der Waals surface area contributed by atoms with E-state index in [0.29, 0.717) is 16.6 Å². The molecule has 0 amide bonds. The molecule has 3 rings (SSSR count). The Bertz CT molecular complexity index is 1040. The van der Waals surface area contributed by atoms with Crippen molar-refractivity contribution in [2.45, 2.75) is 6.18 Å². The van der Waals surface area contributed by atoms with Gasteiger partial charge >= 0.3 is 12.1 Å². The minimum Gasteiger partial charge on any atom is -0.478 e. The van der Waals surface area contributed by atoms with Gasteiger partial charge in [0.05, 0.1) is 17.4 Å². The van der Waals surface area contributed by atoms with Crippen LogP contribution in [0, 0.1) is 11.3 Å². The predicted molar refractivity (Wildman–Crippen MR) is 82.9 cm³/mol. The molecular formula is C15H9F3N6O2. The lowest BCUT2D eigenvalue weighted by atomic mass is 10.2. The van der Waals surface area contributed by atoms with Crippen molar-refractivity contribution in [3.8, 4) is 11.9 Å². The van der Waals surface area contributed by atoms with Gasteiger partial charge in [0.2, 0.25) is 0 Å². The van der Waals surface area contributed by atoms with E-state index in [-0.39, 0.29) is 11.5 Å². The van der Waals surface area contributed by atoms with Crippen LogP contribution in [0.4, 0.5) is 18.9 Å². The molecule has 0 saturated heterocycles. The van der Waals surface area contributed by atoms with Gasteiger partial charge in [-0.3, -0.25) is 0 Å². The molecule has 0 aliphatic heterocycles. The van der Waals surface area contributed by atoms with Gasteiger partial charge in [0, 0.05) is 23.8 Å². The van der Waals surface area contributed by atoms with E-state index in [1.54, 1.807) is 6.07 Å². The highest BCUT2D eigenvalue weighted by atomic mass is 19.4. The Balaban J connectivity index is 2.06. The van der Waals surface area contributed by atoms with E-state index in [4.69, 9.17) is 10.4 Å². The fraction of sp³-hybridized carbons (Fsp3) is 0.133. The van der Waals surface area contributed by atoms with E-state index >= 15 is 0 Å². The minimum absolute atomic E-state index is 0.0758. The third-order valence-corrected chi connectivity index (χ3v) is 3.35. The number of nitrogens with one attached hydrogen (secondary N) is 1. The summed E-state index contributed by atoms with van der Waals surface area (Å²) in [5.41, 5.74) is -0.0218. The van der Waals surface area contributed by atoms with Crippen molar-refractivity contribution < 1.29 is 23.1 Å². The second-order valence-electron chi connectivity index (χ2n) is 5.17. The number of nitriles is 1. The highest BCUT2D eigenvalue weighted by Crippen LogP contribution is 2.23. The fourth-order valence-electron chi connectivity index (χ4n) is 2.22. The SMILES string of the molecule is N#Cc1cnc2c(cnn2-c2cc(NCC(F)(F)F)c(C(=O)O)cn2)c1. The minimum atomic E-state index is -4.52. The maximum absolute atomic E-state index is 12.4. The Morgan fingerprint density at radius 1 is 1.27 bits per heavy atom. The number of rotatable bonds is 4. The Morgan fingerprint density at radius 3 is 2.69 bits per heavy atom. The summed E-state index contributed by atoms with van der Waals surface area (Å²) in [6.07, 6.45) is -0.853. The van der Waals surface area contributed by atoms with Gasteiger partial charge in [-0.2, -0.15) is 28.2 Å². The van der Waals surface area contributed by atoms with E-state index in [1.807, 2.05) is 6.07 Å². The lowest BCUT2D eigenvalue weighted by Gasteiger charge is -2.13. The molecule has 0 unspecified atom stereocenters. The number of fused-ring (bicyclic) bond motifs is 1. The van der Waals surface area contributed by atoms with Gasteiger partial charge in [0.25, 0.3) is 0 Å². The summed E-state index contributed by atoms with van der Waals surface area (Å²) < 4.78 is 38.6. The summed E-state index contributed by atoms with van der Waals surface area (Å²) >= 11 is 0. The normalized spacial score (nSPS) is 11.3. The standard InChI is InChI=1S/C15H9F3N6O2/c16-15(17,18)7-22-11-2-12(20-6-10(11)14(25)26)24-13-9(5-23-24)1-8(3-19)4-21-13/h1-2,4-6H,7H2,(H,20,22)(H,25,26). The van der Waals surface area contributed by atoms with Crippen LogP contribution in [0.5, 0.6) is 0 Å². The largest absolute Gasteiger partial charge is 0.478 e. The number of carbonyl (C=O) groups is 1. The van der Waals surface area contributed by atoms with E-state index in [1.165, 1.54) is 17.1 Å². The highest BCUT2D eigenvalue weighted by molar-refractivity contribution is 5.94. The number of pyridine rings is 2. The van der Waals surface area contributed by atoms with Gasteiger partial charge in [0.15, 0.2) is 11.5 Å². The first-order valence-corrected chi connectivity index (χ1v) is 7.07. The average Bonchev–Trinajstić information content (AvgIpc) is 3.01. The molecule has 3 aromatic heterocycles. The van der Waals surface area contributed by atoms with Crippen molar-refractivity contribution in [2.75, 3.05) is 11.9 Å². The number of aromatic nitrogens is 4. The average molecular weight is 362 g/mol. The van der Waals surface area contributed by atoms with Gasteiger partial charge < -0.3 is 10.4 Å². The molecule has 0 bridgehead atoms. The molecule has 3 heterocycles.